The Kier molecular flexibility index (Phi) is 3.00. The topological polar surface area (TPSA) is 34.1 Å². The molecule has 0 saturated heterocycles. The summed E-state index contributed by atoms with van der Waals surface area (Å²) in [5, 5.41) is 0. The van der Waals surface area contributed by atoms with Gasteiger partial charge in [-0.05, 0) is 24.2 Å². The SMILES string of the molecule is CC(C)(CS(=O)(=O)F)C1CCCC1. The molecule has 0 bridgehead atoms. The van der Waals surface area contributed by atoms with Crippen molar-refractivity contribution in [2.75, 3.05) is 5.75 Å². The van der Waals surface area contributed by atoms with Crippen LogP contribution in [-0.4, -0.2) is 14.2 Å². The number of hydrogen-bond acceptors (Lipinski definition) is 2. The third-order valence-corrected chi connectivity index (χ3v) is 4.09. The van der Waals surface area contributed by atoms with Crippen LogP contribution in [0.2, 0.25) is 0 Å². The first-order chi connectivity index (χ1) is 5.81. The lowest BCUT2D eigenvalue weighted by molar-refractivity contribution is 0.247. The lowest BCUT2D eigenvalue weighted by Crippen LogP contribution is -2.29. The second-order valence-electron chi connectivity index (χ2n) is 4.65. The van der Waals surface area contributed by atoms with E-state index >= 15 is 0 Å². The molecule has 0 aromatic heterocycles. The molecule has 0 unspecified atom stereocenters. The van der Waals surface area contributed by atoms with Gasteiger partial charge in [-0.15, -0.1) is 3.89 Å². The van der Waals surface area contributed by atoms with Crippen molar-refractivity contribution in [2.24, 2.45) is 11.3 Å². The smallest absolute Gasteiger partial charge is 0.195 e. The summed E-state index contributed by atoms with van der Waals surface area (Å²) in [6, 6.07) is 0. The monoisotopic (exact) mass is 208 g/mol. The molecule has 0 radical (unpaired) electrons. The van der Waals surface area contributed by atoms with Gasteiger partial charge in [0, 0.05) is 0 Å². The van der Waals surface area contributed by atoms with Crippen LogP contribution >= 0.6 is 0 Å². The number of halogens is 1. The first-order valence-corrected chi connectivity index (χ1v) is 6.29. The van der Waals surface area contributed by atoms with E-state index in [1.54, 1.807) is 0 Å². The van der Waals surface area contributed by atoms with Gasteiger partial charge in [0.2, 0.25) is 0 Å². The Morgan fingerprint density at radius 1 is 1.31 bits per heavy atom. The average molecular weight is 208 g/mol. The molecule has 0 aromatic rings. The molecule has 1 saturated carbocycles. The number of hydrogen-bond donors (Lipinski definition) is 0. The normalized spacial score (nSPS) is 20.8. The zero-order chi connectivity index (χ0) is 10.1. The lowest BCUT2D eigenvalue weighted by Gasteiger charge is -2.29. The van der Waals surface area contributed by atoms with Crippen LogP contribution in [0.3, 0.4) is 0 Å². The Morgan fingerprint density at radius 3 is 2.15 bits per heavy atom. The standard InChI is InChI=1S/C9H17FO2S/c1-9(2,7-13(10,11)12)8-5-3-4-6-8/h8H,3-7H2,1-2H3. The van der Waals surface area contributed by atoms with Gasteiger partial charge in [0.15, 0.2) is 0 Å². The molecule has 1 fully saturated rings. The Morgan fingerprint density at radius 2 is 1.77 bits per heavy atom. The molecule has 0 amide bonds. The molecule has 0 atom stereocenters. The molecule has 1 rings (SSSR count). The van der Waals surface area contributed by atoms with Gasteiger partial charge in [0.25, 0.3) is 0 Å². The molecule has 0 spiro atoms. The third-order valence-electron chi connectivity index (χ3n) is 3.00. The maximum atomic E-state index is 12.5. The summed E-state index contributed by atoms with van der Waals surface area (Å²) in [6.45, 7) is 3.69. The van der Waals surface area contributed by atoms with E-state index in [0.29, 0.717) is 5.92 Å². The van der Waals surface area contributed by atoms with E-state index in [0.717, 1.165) is 25.7 Å². The first-order valence-electron chi connectivity index (χ1n) is 4.74. The Bertz CT molecular complexity index is 263. The predicted molar refractivity (Wildman–Crippen MR) is 50.6 cm³/mol. The molecule has 2 nitrogen and oxygen atoms in total. The van der Waals surface area contributed by atoms with Crippen molar-refractivity contribution in [3.8, 4) is 0 Å². The van der Waals surface area contributed by atoms with Crippen molar-refractivity contribution in [3.05, 3.63) is 0 Å². The fraction of sp³-hybridized carbons (Fsp3) is 1.00. The second-order valence-corrected chi connectivity index (χ2v) is 6.02. The Hall–Kier alpha value is -0.120. The van der Waals surface area contributed by atoms with Crippen molar-refractivity contribution in [1.29, 1.82) is 0 Å². The van der Waals surface area contributed by atoms with Crippen molar-refractivity contribution in [3.63, 3.8) is 0 Å². The molecule has 4 heteroatoms. The molecule has 1 aliphatic rings. The van der Waals surface area contributed by atoms with Crippen LogP contribution in [0.4, 0.5) is 3.89 Å². The van der Waals surface area contributed by atoms with Crippen molar-refractivity contribution < 1.29 is 12.3 Å². The van der Waals surface area contributed by atoms with Gasteiger partial charge in [-0.3, -0.25) is 0 Å². The van der Waals surface area contributed by atoms with Crippen LogP contribution in [0.5, 0.6) is 0 Å². The van der Waals surface area contributed by atoms with Crippen molar-refractivity contribution in [1.82, 2.24) is 0 Å². The molecule has 0 heterocycles. The summed E-state index contributed by atoms with van der Waals surface area (Å²) in [5.41, 5.74) is -0.399. The predicted octanol–water partition coefficient (Wildman–Crippen LogP) is 2.50. The molecule has 0 N–H and O–H groups in total. The highest BCUT2D eigenvalue weighted by Gasteiger charge is 2.35. The van der Waals surface area contributed by atoms with Crippen molar-refractivity contribution >= 4 is 10.2 Å². The molecule has 0 aromatic carbocycles. The Balaban J connectivity index is 2.64. The van der Waals surface area contributed by atoms with Gasteiger partial charge in [0.1, 0.15) is 0 Å². The summed E-state index contributed by atoms with van der Waals surface area (Å²) in [4.78, 5) is 0. The zero-order valence-corrected chi connectivity index (χ0v) is 9.03. The van der Waals surface area contributed by atoms with Gasteiger partial charge in [-0.2, -0.15) is 8.42 Å². The van der Waals surface area contributed by atoms with Crippen LogP contribution in [0.15, 0.2) is 0 Å². The minimum atomic E-state index is -4.32. The van der Waals surface area contributed by atoms with Gasteiger partial charge in [0.05, 0.1) is 5.75 Å². The van der Waals surface area contributed by atoms with Crippen molar-refractivity contribution in [2.45, 2.75) is 39.5 Å². The van der Waals surface area contributed by atoms with Gasteiger partial charge in [-0.25, -0.2) is 0 Å². The second kappa shape index (κ2) is 3.56. The fourth-order valence-electron chi connectivity index (χ4n) is 2.27. The van der Waals surface area contributed by atoms with Crippen LogP contribution in [-0.2, 0) is 10.2 Å². The highest BCUT2D eigenvalue weighted by molar-refractivity contribution is 7.86. The van der Waals surface area contributed by atoms with Crippen LogP contribution < -0.4 is 0 Å². The maximum Gasteiger partial charge on any atom is 0.302 e. The molecule has 1 aliphatic carbocycles. The Labute approximate surface area is 79.7 Å². The first kappa shape index (κ1) is 11.0. The molecular weight excluding hydrogens is 191 g/mol. The summed E-state index contributed by atoms with van der Waals surface area (Å²) < 4.78 is 33.6. The third kappa shape index (κ3) is 3.25. The van der Waals surface area contributed by atoms with Crippen LogP contribution in [0.25, 0.3) is 0 Å². The molecular formula is C9H17FO2S. The summed E-state index contributed by atoms with van der Waals surface area (Å²) in [6.07, 6.45) is 4.39. The van der Waals surface area contributed by atoms with E-state index in [-0.39, 0.29) is 5.75 Å². The highest BCUT2D eigenvalue weighted by Crippen LogP contribution is 2.40. The van der Waals surface area contributed by atoms with E-state index < -0.39 is 15.6 Å². The average Bonchev–Trinajstić information content (AvgIpc) is 2.29. The summed E-state index contributed by atoms with van der Waals surface area (Å²) >= 11 is 0. The molecule has 0 aliphatic heterocycles. The van der Waals surface area contributed by atoms with E-state index in [9.17, 15) is 12.3 Å². The minimum Gasteiger partial charge on any atom is -0.195 e. The van der Waals surface area contributed by atoms with E-state index in [2.05, 4.69) is 0 Å². The molecule has 78 valence electrons. The number of rotatable bonds is 3. The zero-order valence-electron chi connectivity index (χ0n) is 8.22. The summed E-state index contributed by atoms with van der Waals surface area (Å²) in [5.74, 6) is 0.0445. The van der Waals surface area contributed by atoms with E-state index in [4.69, 9.17) is 0 Å². The quantitative estimate of drug-likeness (QED) is 0.668. The molecule has 13 heavy (non-hydrogen) atoms. The van der Waals surface area contributed by atoms with E-state index in [1.165, 1.54) is 0 Å². The van der Waals surface area contributed by atoms with Crippen LogP contribution in [0.1, 0.15) is 39.5 Å². The maximum absolute atomic E-state index is 12.5. The van der Waals surface area contributed by atoms with Crippen LogP contribution in [0, 0.1) is 11.3 Å². The fourth-order valence-corrected chi connectivity index (χ4v) is 3.39. The van der Waals surface area contributed by atoms with Gasteiger partial charge in [-0.1, -0.05) is 26.7 Å². The lowest BCUT2D eigenvalue weighted by atomic mass is 9.79. The van der Waals surface area contributed by atoms with Gasteiger partial charge < -0.3 is 0 Å². The van der Waals surface area contributed by atoms with Gasteiger partial charge >= 0.3 is 10.2 Å². The minimum absolute atomic E-state index is 0.329. The summed E-state index contributed by atoms with van der Waals surface area (Å²) in [7, 11) is -4.32. The van der Waals surface area contributed by atoms with E-state index in [1.807, 2.05) is 13.8 Å². The highest BCUT2D eigenvalue weighted by atomic mass is 32.3. The largest absolute Gasteiger partial charge is 0.302 e.